The zero-order chi connectivity index (χ0) is 12.8. The Morgan fingerprint density at radius 1 is 1.39 bits per heavy atom. The smallest absolute Gasteiger partial charge is 0.126 e. The number of nitrogens with zero attached hydrogens (tertiary/aromatic N) is 2. The largest absolute Gasteiger partial charge is 0.395 e. The summed E-state index contributed by atoms with van der Waals surface area (Å²) in [6, 6.07) is 6.67. The first-order valence-electron chi connectivity index (χ1n) is 6.82. The van der Waals surface area contributed by atoms with Crippen LogP contribution in [-0.2, 0) is 6.54 Å². The Morgan fingerprint density at radius 3 is 2.83 bits per heavy atom. The monoisotopic (exact) mass is 249 g/mol. The van der Waals surface area contributed by atoms with E-state index >= 15 is 0 Å². The van der Waals surface area contributed by atoms with Crippen molar-refractivity contribution < 1.29 is 5.11 Å². The number of hydrogen-bond donors (Lipinski definition) is 2. The Bertz CT molecular complexity index is 364. The first kappa shape index (κ1) is 13.3. The summed E-state index contributed by atoms with van der Waals surface area (Å²) in [4.78, 5) is 6.92. The van der Waals surface area contributed by atoms with Crippen LogP contribution < -0.4 is 5.32 Å². The summed E-state index contributed by atoms with van der Waals surface area (Å²) in [5, 5.41) is 12.3. The van der Waals surface area contributed by atoms with E-state index in [0.717, 1.165) is 24.6 Å². The average Bonchev–Trinajstić information content (AvgIpc) is 2.92. The Balaban J connectivity index is 2.02. The minimum atomic E-state index is 0.224. The lowest BCUT2D eigenvalue weighted by Crippen LogP contribution is -2.35. The van der Waals surface area contributed by atoms with E-state index in [-0.39, 0.29) is 6.61 Å². The molecule has 1 heterocycles. The number of hydrogen-bond acceptors (Lipinski definition) is 4. The van der Waals surface area contributed by atoms with Crippen LogP contribution in [0.1, 0.15) is 31.4 Å². The Morgan fingerprint density at radius 2 is 2.17 bits per heavy atom. The van der Waals surface area contributed by atoms with Gasteiger partial charge in [-0.3, -0.25) is 4.90 Å². The zero-order valence-corrected chi connectivity index (χ0v) is 11.1. The summed E-state index contributed by atoms with van der Waals surface area (Å²) < 4.78 is 0. The van der Waals surface area contributed by atoms with Crippen molar-refractivity contribution in [2.45, 2.75) is 38.3 Å². The van der Waals surface area contributed by atoms with E-state index < -0.39 is 0 Å². The predicted octanol–water partition coefficient (Wildman–Crippen LogP) is 1.86. The van der Waals surface area contributed by atoms with Gasteiger partial charge in [-0.05, 0) is 25.0 Å². The molecule has 0 radical (unpaired) electrons. The molecule has 0 bridgehead atoms. The molecule has 0 aromatic carbocycles. The maximum atomic E-state index is 9.20. The van der Waals surface area contributed by atoms with Crippen molar-refractivity contribution in [1.82, 2.24) is 9.88 Å². The molecule has 18 heavy (non-hydrogen) atoms. The number of aromatic nitrogens is 1. The van der Waals surface area contributed by atoms with Gasteiger partial charge in [0.15, 0.2) is 0 Å². The summed E-state index contributed by atoms with van der Waals surface area (Å²) in [5.41, 5.74) is 1.07. The molecular formula is C14H23N3O. The van der Waals surface area contributed by atoms with Crippen molar-refractivity contribution in [2.75, 3.05) is 25.5 Å². The average molecular weight is 249 g/mol. The van der Waals surface area contributed by atoms with Crippen LogP contribution in [-0.4, -0.2) is 41.2 Å². The number of anilines is 1. The molecule has 0 saturated heterocycles. The van der Waals surface area contributed by atoms with Gasteiger partial charge in [-0.15, -0.1) is 0 Å². The second-order valence-electron chi connectivity index (χ2n) is 4.90. The molecule has 1 aromatic heterocycles. The zero-order valence-electron chi connectivity index (χ0n) is 11.1. The highest BCUT2D eigenvalue weighted by Gasteiger charge is 2.22. The summed E-state index contributed by atoms with van der Waals surface area (Å²) in [6.45, 7) is 1.80. The highest BCUT2D eigenvalue weighted by molar-refractivity contribution is 5.34. The molecule has 1 fully saturated rings. The van der Waals surface area contributed by atoms with Gasteiger partial charge in [0.05, 0.1) is 12.3 Å². The lowest BCUT2D eigenvalue weighted by molar-refractivity contribution is 0.143. The van der Waals surface area contributed by atoms with Gasteiger partial charge in [-0.1, -0.05) is 18.9 Å². The molecule has 1 aliphatic rings. The molecule has 0 aliphatic heterocycles. The van der Waals surface area contributed by atoms with Crippen LogP contribution >= 0.6 is 0 Å². The number of aliphatic hydroxyl groups is 1. The fourth-order valence-corrected chi connectivity index (χ4v) is 2.70. The second-order valence-corrected chi connectivity index (χ2v) is 4.90. The van der Waals surface area contributed by atoms with E-state index in [9.17, 15) is 5.11 Å². The molecule has 0 spiro atoms. The summed E-state index contributed by atoms with van der Waals surface area (Å²) in [6.07, 6.45) is 5.14. The van der Waals surface area contributed by atoms with Gasteiger partial charge in [0.1, 0.15) is 5.82 Å². The maximum Gasteiger partial charge on any atom is 0.126 e. The lowest BCUT2D eigenvalue weighted by atomic mass is 10.2. The van der Waals surface area contributed by atoms with Crippen LogP contribution in [0.3, 0.4) is 0 Å². The molecule has 4 heteroatoms. The van der Waals surface area contributed by atoms with E-state index in [4.69, 9.17) is 0 Å². The Hall–Kier alpha value is -1.13. The number of pyridine rings is 1. The first-order valence-corrected chi connectivity index (χ1v) is 6.82. The van der Waals surface area contributed by atoms with E-state index in [1.807, 2.05) is 19.2 Å². The van der Waals surface area contributed by atoms with Crippen molar-refractivity contribution in [3.8, 4) is 0 Å². The first-order chi connectivity index (χ1) is 8.83. The molecule has 1 aliphatic carbocycles. The van der Waals surface area contributed by atoms with Crippen LogP contribution in [0.5, 0.6) is 0 Å². The maximum absolute atomic E-state index is 9.20. The lowest BCUT2D eigenvalue weighted by Gasteiger charge is -2.27. The quantitative estimate of drug-likeness (QED) is 0.808. The molecule has 2 rings (SSSR count). The second kappa shape index (κ2) is 6.71. The molecule has 0 atom stereocenters. The van der Waals surface area contributed by atoms with Gasteiger partial charge in [0, 0.05) is 26.2 Å². The van der Waals surface area contributed by atoms with Crippen LogP contribution in [0.25, 0.3) is 0 Å². The minimum Gasteiger partial charge on any atom is -0.395 e. The summed E-state index contributed by atoms with van der Waals surface area (Å²) >= 11 is 0. The third-order valence-electron chi connectivity index (χ3n) is 3.66. The molecule has 0 unspecified atom stereocenters. The van der Waals surface area contributed by atoms with Gasteiger partial charge >= 0.3 is 0 Å². The van der Waals surface area contributed by atoms with Crippen molar-refractivity contribution in [1.29, 1.82) is 0 Å². The van der Waals surface area contributed by atoms with E-state index in [2.05, 4.69) is 21.3 Å². The Labute approximate surface area is 109 Å². The van der Waals surface area contributed by atoms with Gasteiger partial charge in [-0.25, -0.2) is 4.98 Å². The number of rotatable bonds is 6. The number of nitrogens with one attached hydrogen (secondary N) is 1. The highest BCUT2D eigenvalue weighted by Crippen LogP contribution is 2.24. The van der Waals surface area contributed by atoms with E-state index in [0.29, 0.717) is 6.04 Å². The van der Waals surface area contributed by atoms with Gasteiger partial charge in [-0.2, -0.15) is 0 Å². The fraction of sp³-hybridized carbons (Fsp3) is 0.643. The standard InChI is InChI=1S/C14H23N3O/c1-15-14-8-4-5-12(16-14)11-17(9-10-18)13-6-2-3-7-13/h4-5,8,13,18H,2-3,6-7,9-11H2,1H3,(H,15,16). The highest BCUT2D eigenvalue weighted by atomic mass is 16.3. The SMILES string of the molecule is CNc1cccc(CN(CCO)C2CCCC2)n1. The van der Waals surface area contributed by atoms with Crippen LogP contribution in [0.4, 0.5) is 5.82 Å². The van der Waals surface area contributed by atoms with Gasteiger partial charge in [0.25, 0.3) is 0 Å². The van der Waals surface area contributed by atoms with Crippen molar-refractivity contribution in [3.63, 3.8) is 0 Å². The van der Waals surface area contributed by atoms with Crippen LogP contribution in [0, 0.1) is 0 Å². The summed E-state index contributed by atoms with van der Waals surface area (Å²) in [7, 11) is 1.88. The molecule has 100 valence electrons. The van der Waals surface area contributed by atoms with Crippen molar-refractivity contribution in [3.05, 3.63) is 23.9 Å². The van der Waals surface area contributed by atoms with Crippen molar-refractivity contribution in [2.24, 2.45) is 0 Å². The molecule has 1 aromatic rings. The third-order valence-corrected chi connectivity index (χ3v) is 3.66. The molecule has 0 amide bonds. The van der Waals surface area contributed by atoms with Crippen LogP contribution in [0.15, 0.2) is 18.2 Å². The van der Waals surface area contributed by atoms with E-state index in [1.54, 1.807) is 0 Å². The Kier molecular flexibility index (Phi) is 4.96. The van der Waals surface area contributed by atoms with Gasteiger partial charge in [0.2, 0.25) is 0 Å². The minimum absolute atomic E-state index is 0.224. The number of aliphatic hydroxyl groups excluding tert-OH is 1. The molecule has 4 nitrogen and oxygen atoms in total. The molecule has 1 saturated carbocycles. The molecule has 2 N–H and O–H groups in total. The van der Waals surface area contributed by atoms with Crippen molar-refractivity contribution >= 4 is 5.82 Å². The van der Waals surface area contributed by atoms with Gasteiger partial charge < -0.3 is 10.4 Å². The predicted molar refractivity (Wildman–Crippen MR) is 73.5 cm³/mol. The topological polar surface area (TPSA) is 48.4 Å². The normalized spacial score (nSPS) is 16.4. The molecular weight excluding hydrogens is 226 g/mol. The summed E-state index contributed by atoms with van der Waals surface area (Å²) in [5.74, 6) is 0.905. The van der Waals surface area contributed by atoms with E-state index in [1.165, 1.54) is 25.7 Å². The fourth-order valence-electron chi connectivity index (χ4n) is 2.70. The third kappa shape index (κ3) is 3.43. The van der Waals surface area contributed by atoms with Crippen LogP contribution in [0.2, 0.25) is 0 Å².